The van der Waals surface area contributed by atoms with Crippen molar-refractivity contribution < 1.29 is 4.42 Å². The van der Waals surface area contributed by atoms with Gasteiger partial charge in [-0.15, -0.1) is 0 Å². The second-order valence-corrected chi connectivity index (χ2v) is 10.2. The van der Waals surface area contributed by atoms with Crippen LogP contribution in [0.3, 0.4) is 0 Å². The highest BCUT2D eigenvalue weighted by molar-refractivity contribution is 6.37. The van der Waals surface area contributed by atoms with Crippen LogP contribution < -0.4 is 0 Å². The number of hydrogen-bond donors (Lipinski definition) is 0. The van der Waals surface area contributed by atoms with Crippen LogP contribution in [0.4, 0.5) is 0 Å². The molecule has 0 atom stereocenters. The fourth-order valence-corrected chi connectivity index (χ4v) is 6.29. The number of nitrogens with zero attached hydrogens (tertiary/aromatic N) is 2. The van der Waals surface area contributed by atoms with Gasteiger partial charge in [0.2, 0.25) is 0 Å². The van der Waals surface area contributed by atoms with Gasteiger partial charge in [-0.3, -0.25) is 0 Å². The third-order valence-electron chi connectivity index (χ3n) is 7.98. The van der Waals surface area contributed by atoms with Crippen LogP contribution in [0.5, 0.6) is 0 Å². The molecule has 0 aliphatic heterocycles. The smallest absolute Gasteiger partial charge is 0.136 e. The van der Waals surface area contributed by atoms with Crippen LogP contribution >= 0.6 is 0 Å². The maximum Gasteiger partial charge on any atom is 0.136 e. The van der Waals surface area contributed by atoms with E-state index in [-0.39, 0.29) is 0 Å². The minimum atomic E-state index is 0.853. The molecule has 0 unspecified atom stereocenters. The second kappa shape index (κ2) is 7.62. The van der Waals surface area contributed by atoms with E-state index in [1.807, 2.05) is 42.5 Å². The lowest BCUT2D eigenvalue weighted by Crippen LogP contribution is -1.95. The van der Waals surface area contributed by atoms with Crippen molar-refractivity contribution in [1.82, 2.24) is 9.97 Å². The lowest BCUT2D eigenvalue weighted by atomic mass is 9.89. The Labute approximate surface area is 223 Å². The molecule has 0 bridgehead atoms. The van der Waals surface area contributed by atoms with E-state index in [4.69, 9.17) is 14.4 Å². The highest BCUT2D eigenvalue weighted by Crippen LogP contribution is 2.46. The van der Waals surface area contributed by atoms with Gasteiger partial charge in [-0.1, -0.05) is 91.0 Å². The van der Waals surface area contributed by atoms with Gasteiger partial charge >= 0.3 is 0 Å². The van der Waals surface area contributed by atoms with Gasteiger partial charge in [-0.2, -0.15) is 0 Å². The number of aromatic nitrogens is 2. The van der Waals surface area contributed by atoms with Crippen molar-refractivity contribution in [3.05, 3.63) is 121 Å². The minimum absolute atomic E-state index is 0.853. The summed E-state index contributed by atoms with van der Waals surface area (Å²) in [6, 6.07) is 42.3. The Bertz CT molecular complexity index is 2390. The molecule has 2 aromatic heterocycles. The SMILES string of the molecule is c1ccc(-c2nc3ccccc3nc2-c2cc3oc4cccc5c6ccc7ccccc7c6c(c2)c3c45)cc1. The zero-order chi connectivity index (χ0) is 25.5. The van der Waals surface area contributed by atoms with E-state index in [0.29, 0.717) is 0 Å². The molecule has 0 saturated carbocycles. The molecule has 0 saturated heterocycles. The highest BCUT2D eigenvalue weighted by Gasteiger charge is 2.21. The van der Waals surface area contributed by atoms with Crippen molar-refractivity contribution in [2.75, 3.05) is 0 Å². The Morgan fingerprint density at radius 2 is 1.08 bits per heavy atom. The van der Waals surface area contributed by atoms with Gasteiger partial charge in [0.1, 0.15) is 11.2 Å². The normalized spacial score (nSPS) is 12.1. The zero-order valence-corrected chi connectivity index (χ0v) is 20.8. The lowest BCUT2D eigenvalue weighted by Gasteiger charge is -2.14. The summed E-state index contributed by atoms with van der Waals surface area (Å²) in [6.07, 6.45) is 0. The maximum atomic E-state index is 6.54. The minimum Gasteiger partial charge on any atom is -0.456 e. The van der Waals surface area contributed by atoms with E-state index in [9.17, 15) is 0 Å². The van der Waals surface area contributed by atoms with Crippen molar-refractivity contribution >= 4 is 65.3 Å². The Morgan fingerprint density at radius 1 is 0.410 bits per heavy atom. The first-order chi connectivity index (χ1) is 19.3. The molecule has 3 heteroatoms. The van der Waals surface area contributed by atoms with E-state index in [1.165, 1.54) is 43.1 Å². The summed E-state index contributed by atoms with van der Waals surface area (Å²) in [5, 5.41) is 9.71. The number of rotatable bonds is 2. The van der Waals surface area contributed by atoms with Crippen LogP contribution in [0.1, 0.15) is 0 Å². The third kappa shape index (κ3) is 2.87. The van der Waals surface area contributed by atoms with Crippen LogP contribution in [-0.2, 0) is 0 Å². The number of furan rings is 1. The summed E-state index contributed by atoms with van der Waals surface area (Å²) in [5.74, 6) is 0. The predicted molar refractivity (Wildman–Crippen MR) is 161 cm³/mol. The van der Waals surface area contributed by atoms with E-state index in [2.05, 4.69) is 78.9 Å². The van der Waals surface area contributed by atoms with Gasteiger partial charge < -0.3 is 4.42 Å². The molecule has 9 rings (SSSR count). The highest BCUT2D eigenvalue weighted by atomic mass is 16.3. The second-order valence-electron chi connectivity index (χ2n) is 10.2. The molecule has 3 nitrogen and oxygen atoms in total. The molecular weight excluding hydrogens is 476 g/mol. The third-order valence-corrected chi connectivity index (χ3v) is 7.98. The Morgan fingerprint density at radius 3 is 1.92 bits per heavy atom. The fraction of sp³-hybridized carbons (Fsp3) is 0. The largest absolute Gasteiger partial charge is 0.456 e. The fourth-order valence-electron chi connectivity index (χ4n) is 6.29. The summed E-state index contributed by atoms with van der Waals surface area (Å²) < 4.78 is 6.54. The molecule has 2 heterocycles. The van der Waals surface area contributed by atoms with Crippen molar-refractivity contribution in [3.63, 3.8) is 0 Å². The topological polar surface area (TPSA) is 38.9 Å². The van der Waals surface area contributed by atoms with Gasteiger partial charge in [0, 0.05) is 21.9 Å². The molecule has 0 aliphatic carbocycles. The average molecular weight is 497 g/mol. The van der Waals surface area contributed by atoms with E-state index in [0.717, 1.165) is 44.7 Å². The molecule has 0 spiro atoms. The van der Waals surface area contributed by atoms with E-state index in [1.54, 1.807) is 0 Å². The molecule has 0 N–H and O–H groups in total. The summed E-state index contributed by atoms with van der Waals surface area (Å²) in [6.45, 7) is 0. The number of benzene rings is 7. The van der Waals surface area contributed by atoms with Crippen LogP contribution in [0.2, 0.25) is 0 Å². The predicted octanol–water partition coefficient (Wildman–Crippen LogP) is 9.76. The van der Waals surface area contributed by atoms with E-state index >= 15 is 0 Å². The van der Waals surface area contributed by atoms with Crippen LogP contribution in [0.15, 0.2) is 126 Å². The Balaban J connectivity index is 1.49. The van der Waals surface area contributed by atoms with Gasteiger partial charge in [-0.05, 0) is 62.6 Å². The molecule has 39 heavy (non-hydrogen) atoms. The van der Waals surface area contributed by atoms with Crippen LogP contribution in [0, 0.1) is 0 Å². The molecular formula is C36H20N2O. The number of para-hydroxylation sites is 2. The Hall–Kier alpha value is -5.28. The van der Waals surface area contributed by atoms with Gasteiger partial charge in [0.25, 0.3) is 0 Å². The maximum absolute atomic E-state index is 6.54. The monoisotopic (exact) mass is 496 g/mol. The zero-order valence-electron chi connectivity index (χ0n) is 20.8. The van der Waals surface area contributed by atoms with E-state index < -0.39 is 0 Å². The summed E-state index contributed by atoms with van der Waals surface area (Å²) >= 11 is 0. The molecule has 7 aromatic carbocycles. The Kier molecular flexibility index (Phi) is 4.05. The number of fused-ring (bicyclic) bond motifs is 6. The van der Waals surface area contributed by atoms with Crippen molar-refractivity contribution in [1.29, 1.82) is 0 Å². The molecule has 0 aliphatic rings. The first-order valence-electron chi connectivity index (χ1n) is 13.2. The summed E-state index contributed by atoms with van der Waals surface area (Å²) in [5.41, 5.74) is 7.29. The van der Waals surface area contributed by atoms with Crippen LogP contribution in [0.25, 0.3) is 87.8 Å². The van der Waals surface area contributed by atoms with Crippen molar-refractivity contribution in [3.8, 4) is 22.5 Å². The quantitative estimate of drug-likeness (QED) is 0.224. The summed E-state index contributed by atoms with van der Waals surface area (Å²) in [4.78, 5) is 10.3. The van der Waals surface area contributed by atoms with Crippen molar-refractivity contribution in [2.45, 2.75) is 0 Å². The van der Waals surface area contributed by atoms with Gasteiger partial charge in [0.05, 0.1) is 22.4 Å². The van der Waals surface area contributed by atoms with Crippen molar-refractivity contribution in [2.24, 2.45) is 0 Å². The summed E-state index contributed by atoms with van der Waals surface area (Å²) in [7, 11) is 0. The van der Waals surface area contributed by atoms with Gasteiger partial charge in [-0.25, -0.2) is 9.97 Å². The molecule has 0 fully saturated rings. The molecule has 0 amide bonds. The first-order valence-corrected chi connectivity index (χ1v) is 13.2. The average Bonchev–Trinajstić information content (AvgIpc) is 3.39. The van der Waals surface area contributed by atoms with Gasteiger partial charge in [0.15, 0.2) is 0 Å². The standard InChI is InChI=1S/C36H20N2O/c1-2-10-22(11-3-1)35-36(38-29-15-7-6-14-28(29)37-35)23-19-27-32-24-12-5-4-9-21(24)17-18-26(32)25-13-8-16-30-33(25)34(27)31(20-23)39-30/h1-20H. The molecule has 180 valence electrons. The molecule has 9 aromatic rings. The lowest BCUT2D eigenvalue weighted by molar-refractivity contribution is 0.669. The number of hydrogen-bond acceptors (Lipinski definition) is 3. The first kappa shape index (κ1) is 20.7. The van der Waals surface area contributed by atoms with Crippen LogP contribution in [-0.4, -0.2) is 9.97 Å². The molecule has 0 radical (unpaired) electrons.